The summed E-state index contributed by atoms with van der Waals surface area (Å²) in [5.74, 6) is 0.685. The van der Waals surface area contributed by atoms with Gasteiger partial charge in [0.1, 0.15) is 5.75 Å². The highest BCUT2D eigenvalue weighted by Crippen LogP contribution is 2.21. The van der Waals surface area contributed by atoms with Gasteiger partial charge in [-0.15, -0.1) is 0 Å². The fourth-order valence-corrected chi connectivity index (χ4v) is 3.00. The summed E-state index contributed by atoms with van der Waals surface area (Å²) in [5, 5.41) is 4.02. The van der Waals surface area contributed by atoms with Crippen molar-refractivity contribution in [1.29, 1.82) is 0 Å². The topological polar surface area (TPSA) is 51.2 Å². The molecule has 0 bridgehead atoms. The lowest BCUT2D eigenvalue weighted by molar-refractivity contribution is 0.0937. The number of amides is 1. The molecule has 1 amide bonds. The number of nitrogens with zero attached hydrogens (tertiary/aromatic N) is 1. The van der Waals surface area contributed by atoms with Crippen LogP contribution in [0.2, 0.25) is 0 Å². The molecule has 1 aromatic heterocycles. The van der Waals surface area contributed by atoms with E-state index in [1.165, 1.54) is 5.56 Å². The van der Waals surface area contributed by atoms with Crippen molar-refractivity contribution in [2.75, 3.05) is 7.11 Å². The number of ether oxygens (including phenoxy) is 1. The molecule has 0 saturated carbocycles. The predicted molar refractivity (Wildman–Crippen MR) is 105 cm³/mol. The number of aryl methyl sites for hydroxylation is 2. The van der Waals surface area contributed by atoms with Crippen LogP contribution in [0.1, 0.15) is 35.0 Å². The van der Waals surface area contributed by atoms with Gasteiger partial charge in [-0.25, -0.2) is 0 Å². The van der Waals surface area contributed by atoms with Crippen molar-refractivity contribution in [2.24, 2.45) is 0 Å². The molecule has 0 fully saturated rings. The maximum absolute atomic E-state index is 12.7. The summed E-state index contributed by atoms with van der Waals surface area (Å²) in [4.78, 5) is 17.2. The van der Waals surface area contributed by atoms with Crippen LogP contribution in [-0.4, -0.2) is 24.0 Å². The number of benzene rings is 2. The highest BCUT2D eigenvalue weighted by atomic mass is 16.5. The van der Waals surface area contributed by atoms with Gasteiger partial charge in [0.05, 0.1) is 23.9 Å². The Kier molecular flexibility index (Phi) is 5.52. The van der Waals surface area contributed by atoms with Gasteiger partial charge in [-0.05, 0) is 50.5 Å². The first-order valence-electron chi connectivity index (χ1n) is 8.87. The molecule has 0 radical (unpaired) electrons. The lowest BCUT2D eigenvalue weighted by Gasteiger charge is -2.15. The molecule has 0 aliphatic heterocycles. The molecule has 1 heterocycles. The Balaban J connectivity index is 1.69. The number of carbonyl (C=O) groups excluding carboxylic acids is 1. The quantitative estimate of drug-likeness (QED) is 0.722. The third-order valence-corrected chi connectivity index (χ3v) is 4.55. The van der Waals surface area contributed by atoms with Gasteiger partial charge in [0.15, 0.2) is 0 Å². The largest absolute Gasteiger partial charge is 0.497 e. The van der Waals surface area contributed by atoms with Gasteiger partial charge < -0.3 is 10.1 Å². The van der Waals surface area contributed by atoms with Crippen molar-refractivity contribution in [3.63, 3.8) is 0 Å². The van der Waals surface area contributed by atoms with E-state index in [2.05, 4.69) is 22.4 Å². The summed E-state index contributed by atoms with van der Waals surface area (Å²) in [7, 11) is 1.63. The number of pyridine rings is 1. The van der Waals surface area contributed by atoms with Crippen molar-refractivity contribution in [2.45, 2.75) is 32.7 Å². The minimum absolute atomic E-state index is 0.0757. The first kappa shape index (κ1) is 17.9. The zero-order valence-electron chi connectivity index (χ0n) is 15.5. The molecule has 3 aromatic rings. The lowest BCUT2D eigenvalue weighted by atomic mass is 10.0. The summed E-state index contributed by atoms with van der Waals surface area (Å²) in [6.07, 6.45) is 1.84. The molecule has 0 aliphatic rings. The first-order valence-corrected chi connectivity index (χ1v) is 8.87. The van der Waals surface area contributed by atoms with E-state index in [-0.39, 0.29) is 11.9 Å². The third-order valence-electron chi connectivity index (χ3n) is 4.55. The van der Waals surface area contributed by atoms with E-state index < -0.39 is 0 Å². The minimum atomic E-state index is -0.0757. The molecule has 1 N–H and O–H groups in total. The third kappa shape index (κ3) is 4.20. The van der Waals surface area contributed by atoms with Crippen LogP contribution >= 0.6 is 0 Å². The van der Waals surface area contributed by atoms with E-state index in [0.717, 1.165) is 35.2 Å². The number of nitrogens with one attached hydrogen (secondary N) is 1. The second kappa shape index (κ2) is 8.00. The Morgan fingerprint density at radius 1 is 1.15 bits per heavy atom. The Labute approximate surface area is 154 Å². The summed E-state index contributed by atoms with van der Waals surface area (Å²) in [6, 6.07) is 18.0. The smallest absolute Gasteiger partial charge is 0.253 e. The van der Waals surface area contributed by atoms with E-state index >= 15 is 0 Å². The molecule has 26 heavy (non-hydrogen) atoms. The number of methoxy groups -OCH3 is 1. The monoisotopic (exact) mass is 348 g/mol. The first-order chi connectivity index (χ1) is 12.6. The number of hydrogen-bond acceptors (Lipinski definition) is 3. The van der Waals surface area contributed by atoms with Crippen molar-refractivity contribution in [1.82, 2.24) is 10.3 Å². The molecule has 1 unspecified atom stereocenters. The average molecular weight is 348 g/mol. The molecular formula is C22H24N2O2. The maximum Gasteiger partial charge on any atom is 0.253 e. The fourth-order valence-electron chi connectivity index (χ4n) is 3.00. The lowest BCUT2D eigenvalue weighted by Crippen LogP contribution is -2.33. The summed E-state index contributed by atoms with van der Waals surface area (Å²) < 4.78 is 5.24. The highest BCUT2D eigenvalue weighted by molar-refractivity contribution is 5.98. The van der Waals surface area contributed by atoms with Gasteiger partial charge in [0.25, 0.3) is 5.91 Å². The minimum Gasteiger partial charge on any atom is -0.497 e. The Hall–Kier alpha value is -2.88. The van der Waals surface area contributed by atoms with E-state index in [1.54, 1.807) is 7.11 Å². The normalized spacial score (nSPS) is 12.0. The molecule has 1 atom stereocenters. The van der Waals surface area contributed by atoms with Gasteiger partial charge in [-0.1, -0.05) is 30.3 Å². The second-order valence-electron chi connectivity index (χ2n) is 6.58. The maximum atomic E-state index is 12.7. The number of hydrogen-bond donors (Lipinski definition) is 1. The Morgan fingerprint density at radius 3 is 2.65 bits per heavy atom. The van der Waals surface area contributed by atoms with E-state index in [4.69, 9.17) is 4.74 Å². The highest BCUT2D eigenvalue weighted by Gasteiger charge is 2.14. The summed E-state index contributed by atoms with van der Waals surface area (Å²) in [6.45, 7) is 3.90. The summed E-state index contributed by atoms with van der Waals surface area (Å²) in [5.41, 5.74) is 3.45. The average Bonchev–Trinajstić information content (AvgIpc) is 2.66. The van der Waals surface area contributed by atoms with Crippen LogP contribution < -0.4 is 10.1 Å². The van der Waals surface area contributed by atoms with Crippen molar-refractivity contribution in [3.05, 3.63) is 71.4 Å². The van der Waals surface area contributed by atoms with Crippen molar-refractivity contribution in [3.8, 4) is 5.75 Å². The molecule has 2 aromatic carbocycles. The van der Waals surface area contributed by atoms with Crippen LogP contribution in [0.3, 0.4) is 0 Å². The Morgan fingerprint density at radius 2 is 1.92 bits per heavy atom. The van der Waals surface area contributed by atoms with Gasteiger partial charge in [-0.3, -0.25) is 9.78 Å². The molecule has 0 saturated heterocycles. The second-order valence-corrected chi connectivity index (χ2v) is 6.58. The number of fused-ring (bicyclic) bond motifs is 1. The molecular weight excluding hydrogens is 324 g/mol. The molecule has 4 nitrogen and oxygen atoms in total. The van der Waals surface area contributed by atoms with Crippen LogP contribution in [0, 0.1) is 6.92 Å². The molecule has 0 spiro atoms. The van der Waals surface area contributed by atoms with Crippen LogP contribution in [0.4, 0.5) is 0 Å². The molecule has 3 rings (SSSR count). The van der Waals surface area contributed by atoms with Gasteiger partial charge >= 0.3 is 0 Å². The number of aromatic nitrogens is 1. The zero-order valence-corrected chi connectivity index (χ0v) is 15.5. The molecule has 134 valence electrons. The fraction of sp³-hybridized carbons (Fsp3) is 0.273. The van der Waals surface area contributed by atoms with Gasteiger partial charge in [-0.2, -0.15) is 0 Å². The van der Waals surface area contributed by atoms with Crippen LogP contribution in [0.5, 0.6) is 5.75 Å². The number of rotatable bonds is 6. The van der Waals surface area contributed by atoms with Crippen LogP contribution in [0.25, 0.3) is 10.9 Å². The van der Waals surface area contributed by atoms with Gasteiger partial charge in [0, 0.05) is 17.5 Å². The van der Waals surface area contributed by atoms with Crippen molar-refractivity contribution < 1.29 is 9.53 Å². The van der Waals surface area contributed by atoms with E-state index in [1.807, 2.05) is 56.3 Å². The SMILES string of the molecule is COc1ccc2cc(C(=O)NC(C)CCc3ccccc3)c(C)nc2c1. The van der Waals surface area contributed by atoms with Crippen molar-refractivity contribution >= 4 is 16.8 Å². The van der Waals surface area contributed by atoms with E-state index in [0.29, 0.717) is 5.56 Å². The van der Waals surface area contributed by atoms with E-state index in [9.17, 15) is 4.79 Å². The molecule has 0 aliphatic carbocycles. The van der Waals surface area contributed by atoms with Crippen LogP contribution in [0.15, 0.2) is 54.6 Å². The predicted octanol–water partition coefficient (Wildman–Crippen LogP) is 4.30. The van der Waals surface area contributed by atoms with Crippen LogP contribution in [-0.2, 0) is 6.42 Å². The standard InChI is InChI=1S/C22H24N2O2/c1-15(9-10-17-7-5-4-6-8-17)23-22(25)20-13-18-11-12-19(26-3)14-21(18)24-16(20)2/h4-8,11-15H,9-10H2,1-3H3,(H,23,25). The molecule has 4 heteroatoms. The number of carbonyl (C=O) groups is 1. The van der Waals surface area contributed by atoms with Gasteiger partial charge in [0.2, 0.25) is 0 Å². The summed E-state index contributed by atoms with van der Waals surface area (Å²) >= 11 is 0. The Bertz CT molecular complexity index is 907. The zero-order chi connectivity index (χ0) is 18.5.